The lowest BCUT2D eigenvalue weighted by Gasteiger charge is -2.20. The van der Waals surface area contributed by atoms with Gasteiger partial charge in [-0.15, -0.1) is 0 Å². The number of hydrogen-bond donors (Lipinski definition) is 1. The molecule has 1 atom stereocenters. The number of rotatable bonds is 7. The molecule has 0 saturated carbocycles. The topological polar surface area (TPSA) is 45.6 Å². The summed E-state index contributed by atoms with van der Waals surface area (Å²) in [5.74, 6) is 0. The number of aliphatic hydroxyl groups is 1. The van der Waals surface area contributed by atoms with Crippen LogP contribution in [0, 0.1) is 0 Å². The van der Waals surface area contributed by atoms with Crippen molar-refractivity contribution in [2.75, 3.05) is 26.8 Å². The van der Waals surface area contributed by atoms with Gasteiger partial charge in [0.25, 0.3) is 0 Å². The number of nitrogens with zero attached hydrogens (tertiary/aromatic N) is 2. The van der Waals surface area contributed by atoms with E-state index in [0.29, 0.717) is 19.8 Å². The van der Waals surface area contributed by atoms with Gasteiger partial charge >= 0.3 is 0 Å². The molecule has 1 N–H and O–H groups in total. The van der Waals surface area contributed by atoms with E-state index in [0.717, 1.165) is 12.1 Å². The first-order valence-corrected chi connectivity index (χ1v) is 5.55. The summed E-state index contributed by atoms with van der Waals surface area (Å²) in [6.07, 6.45) is 3.17. The zero-order chi connectivity index (χ0) is 11.8. The molecule has 0 aromatic carbocycles. The average Bonchev–Trinajstić information content (AvgIpc) is 2.27. The standard InChI is InChI=1S/C12H20N2O2/c1-3-16-10-12(15)9-14(2)8-11-5-4-6-13-7-11/h4-7,12,15H,3,8-10H2,1-2H3. The second-order valence-electron chi connectivity index (χ2n) is 3.87. The van der Waals surface area contributed by atoms with E-state index in [1.165, 1.54) is 0 Å². The molecule has 0 aliphatic rings. The lowest BCUT2D eigenvalue weighted by atomic mass is 10.2. The fraction of sp³-hybridized carbons (Fsp3) is 0.583. The summed E-state index contributed by atoms with van der Waals surface area (Å²) >= 11 is 0. The second-order valence-corrected chi connectivity index (χ2v) is 3.87. The predicted octanol–water partition coefficient (Wildman–Crippen LogP) is 0.911. The van der Waals surface area contributed by atoms with Crippen LogP contribution in [-0.2, 0) is 11.3 Å². The molecule has 16 heavy (non-hydrogen) atoms. The molecule has 0 fully saturated rings. The fourth-order valence-electron chi connectivity index (χ4n) is 1.53. The van der Waals surface area contributed by atoms with E-state index in [2.05, 4.69) is 9.88 Å². The Kier molecular flexibility index (Phi) is 6.00. The monoisotopic (exact) mass is 224 g/mol. The first-order valence-electron chi connectivity index (χ1n) is 5.55. The number of likely N-dealkylation sites (N-methyl/N-ethyl adjacent to an activating group) is 1. The zero-order valence-electron chi connectivity index (χ0n) is 9.97. The van der Waals surface area contributed by atoms with Crippen LogP contribution in [0.4, 0.5) is 0 Å². The molecule has 90 valence electrons. The van der Waals surface area contributed by atoms with Crippen LogP contribution >= 0.6 is 0 Å². The van der Waals surface area contributed by atoms with Crippen LogP contribution < -0.4 is 0 Å². The van der Waals surface area contributed by atoms with E-state index in [1.807, 2.05) is 32.3 Å². The molecule has 0 bridgehead atoms. The van der Waals surface area contributed by atoms with E-state index in [1.54, 1.807) is 6.20 Å². The number of ether oxygens (including phenoxy) is 1. The lowest BCUT2D eigenvalue weighted by molar-refractivity contribution is 0.0244. The molecule has 1 aromatic heterocycles. The number of hydrogen-bond acceptors (Lipinski definition) is 4. The first kappa shape index (κ1) is 13.1. The predicted molar refractivity (Wildman–Crippen MR) is 63.1 cm³/mol. The zero-order valence-corrected chi connectivity index (χ0v) is 9.97. The molecule has 0 saturated heterocycles. The molecule has 1 rings (SSSR count). The van der Waals surface area contributed by atoms with Crippen LogP contribution in [0.1, 0.15) is 12.5 Å². The Morgan fingerprint density at radius 2 is 2.38 bits per heavy atom. The van der Waals surface area contributed by atoms with E-state index in [-0.39, 0.29) is 0 Å². The van der Waals surface area contributed by atoms with E-state index >= 15 is 0 Å². The third-order valence-electron chi connectivity index (χ3n) is 2.21. The lowest BCUT2D eigenvalue weighted by Crippen LogP contribution is -2.31. The molecule has 0 aliphatic heterocycles. The molecule has 4 nitrogen and oxygen atoms in total. The third kappa shape index (κ3) is 5.21. The van der Waals surface area contributed by atoms with E-state index in [9.17, 15) is 5.11 Å². The number of pyridine rings is 1. The number of aliphatic hydroxyl groups excluding tert-OH is 1. The average molecular weight is 224 g/mol. The van der Waals surface area contributed by atoms with Crippen LogP contribution in [0.3, 0.4) is 0 Å². The van der Waals surface area contributed by atoms with Gasteiger partial charge in [0, 0.05) is 32.1 Å². The van der Waals surface area contributed by atoms with Gasteiger partial charge in [-0.05, 0) is 25.6 Å². The first-order chi connectivity index (χ1) is 7.72. The van der Waals surface area contributed by atoms with Crippen LogP contribution in [0.15, 0.2) is 24.5 Å². The maximum atomic E-state index is 9.65. The molecule has 0 spiro atoms. The van der Waals surface area contributed by atoms with Gasteiger partial charge in [-0.2, -0.15) is 0 Å². The number of aromatic nitrogens is 1. The minimum absolute atomic E-state index is 0.397. The Morgan fingerprint density at radius 3 is 3.00 bits per heavy atom. The van der Waals surface area contributed by atoms with Gasteiger partial charge < -0.3 is 9.84 Å². The Hall–Kier alpha value is -0.970. The van der Waals surface area contributed by atoms with Gasteiger partial charge in [0.1, 0.15) is 0 Å². The van der Waals surface area contributed by atoms with Gasteiger partial charge in [-0.25, -0.2) is 0 Å². The highest BCUT2D eigenvalue weighted by atomic mass is 16.5. The third-order valence-corrected chi connectivity index (χ3v) is 2.21. The molecule has 1 heterocycles. The highest BCUT2D eigenvalue weighted by Crippen LogP contribution is 2.01. The van der Waals surface area contributed by atoms with Gasteiger partial charge in [0.15, 0.2) is 0 Å². The summed E-state index contributed by atoms with van der Waals surface area (Å²) < 4.78 is 5.16. The normalized spacial score (nSPS) is 13.0. The maximum absolute atomic E-state index is 9.65. The van der Waals surface area contributed by atoms with Crippen molar-refractivity contribution >= 4 is 0 Å². The molecular weight excluding hydrogens is 204 g/mol. The van der Waals surface area contributed by atoms with Crippen LogP contribution in [0.2, 0.25) is 0 Å². The van der Waals surface area contributed by atoms with Crippen molar-refractivity contribution in [3.05, 3.63) is 30.1 Å². The summed E-state index contributed by atoms with van der Waals surface area (Å²) in [6, 6.07) is 3.94. The fourth-order valence-corrected chi connectivity index (χ4v) is 1.53. The van der Waals surface area contributed by atoms with Crippen molar-refractivity contribution < 1.29 is 9.84 Å². The van der Waals surface area contributed by atoms with Gasteiger partial charge in [0.05, 0.1) is 12.7 Å². The van der Waals surface area contributed by atoms with Gasteiger partial charge in [-0.1, -0.05) is 6.07 Å². The van der Waals surface area contributed by atoms with Crippen molar-refractivity contribution in [3.8, 4) is 0 Å². The Balaban J connectivity index is 2.27. The minimum Gasteiger partial charge on any atom is -0.389 e. The van der Waals surface area contributed by atoms with E-state index in [4.69, 9.17) is 4.74 Å². The summed E-state index contributed by atoms with van der Waals surface area (Å²) in [4.78, 5) is 6.11. The van der Waals surface area contributed by atoms with Gasteiger partial charge in [0.2, 0.25) is 0 Å². The van der Waals surface area contributed by atoms with Crippen molar-refractivity contribution in [3.63, 3.8) is 0 Å². The summed E-state index contributed by atoms with van der Waals surface area (Å²) in [5.41, 5.74) is 1.15. The molecule has 0 radical (unpaired) electrons. The summed E-state index contributed by atoms with van der Waals surface area (Å²) in [6.45, 7) is 4.36. The Morgan fingerprint density at radius 1 is 1.56 bits per heavy atom. The Labute approximate surface area is 96.9 Å². The van der Waals surface area contributed by atoms with Crippen molar-refractivity contribution in [2.24, 2.45) is 0 Å². The minimum atomic E-state index is -0.429. The molecule has 1 aromatic rings. The van der Waals surface area contributed by atoms with Crippen LogP contribution in [0.5, 0.6) is 0 Å². The van der Waals surface area contributed by atoms with Crippen molar-refractivity contribution in [1.29, 1.82) is 0 Å². The second kappa shape index (κ2) is 7.33. The maximum Gasteiger partial charge on any atom is 0.0900 e. The van der Waals surface area contributed by atoms with Crippen molar-refractivity contribution in [2.45, 2.75) is 19.6 Å². The van der Waals surface area contributed by atoms with E-state index < -0.39 is 6.10 Å². The largest absolute Gasteiger partial charge is 0.389 e. The summed E-state index contributed by atoms with van der Waals surface area (Å²) in [7, 11) is 1.97. The van der Waals surface area contributed by atoms with Gasteiger partial charge in [-0.3, -0.25) is 9.88 Å². The molecule has 4 heteroatoms. The molecule has 0 amide bonds. The smallest absolute Gasteiger partial charge is 0.0900 e. The highest BCUT2D eigenvalue weighted by molar-refractivity contribution is 5.07. The molecule has 1 unspecified atom stereocenters. The Bertz CT molecular complexity index is 280. The van der Waals surface area contributed by atoms with Crippen LogP contribution in [0.25, 0.3) is 0 Å². The van der Waals surface area contributed by atoms with Crippen molar-refractivity contribution in [1.82, 2.24) is 9.88 Å². The van der Waals surface area contributed by atoms with Crippen LogP contribution in [-0.4, -0.2) is 47.9 Å². The highest BCUT2D eigenvalue weighted by Gasteiger charge is 2.08. The molecular formula is C12H20N2O2. The SMILES string of the molecule is CCOCC(O)CN(C)Cc1cccnc1. The summed E-state index contributed by atoms with van der Waals surface area (Å²) in [5, 5.41) is 9.65. The molecule has 0 aliphatic carbocycles. The quantitative estimate of drug-likeness (QED) is 0.748.